The summed E-state index contributed by atoms with van der Waals surface area (Å²) in [5.41, 5.74) is 2.15. The number of likely N-dealkylation sites (tertiary alicyclic amines) is 1. The van der Waals surface area contributed by atoms with Crippen LogP contribution in [0.1, 0.15) is 31.9 Å². The van der Waals surface area contributed by atoms with Gasteiger partial charge in [-0.1, -0.05) is 6.07 Å². The number of rotatable bonds is 2. The maximum absolute atomic E-state index is 11.8. The van der Waals surface area contributed by atoms with E-state index in [0.29, 0.717) is 18.8 Å². The first-order chi connectivity index (χ1) is 9.67. The second-order valence-corrected chi connectivity index (χ2v) is 6.63. The molecule has 0 atom stereocenters. The highest BCUT2D eigenvalue weighted by Gasteiger charge is 2.33. The summed E-state index contributed by atoms with van der Waals surface area (Å²) in [7, 11) is 0. The molecule has 5 heteroatoms. The molecule has 21 heavy (non-hydrogen) atoms. The Bertz CT molecular complexity index is 543. The molecule has 2 N–H and O–H groups in total. The van der Waals surface area contributed by atoms with Crippen LogP contribution in [0.25, 0.3) is 0 Å². The fourth-order valence-corrected chi connectivity index (χ4v) is 2.26. The summed E-state index contributed by atoms with van der Waals surface area (Å²) in [6.45, 7) is 10.6. The topological polar surface area (TPSA) is 61.8 Å². The SMILES string of the molecule is Cc1ccc(NC2CN(C(=O)OC(C)(C)C)C2)c(C)c1O. The Hall–Kier alpha value is -1.91. The molecule has 1 heterocycles. The number of phenolic OH excluding ortho intramolecular Hbond substituents is 1. The minimum Gasteiger partial charge on any atom is -0.507 e. The van der Waals surface area contributed by atoms with Crippen LogP contribution in [0.3, 0.4) is 0 Å². The van der Waals surface area contributed by atoms with Crippen LogP contribution in [0.2, 0.25) is 0 Å². The first kappa shape index (κ1) is 15.5. The van der Waals surface area contributed by atoms with Gasteiger partial charge in [0.1, 0.15) is 11.4 Å². The zero-order valence-electron chi connectivity index (χ0n) is 13.4. The number of carbonyl (C=O) groups is 1. The molecule has 0 saturated carbocycles. The summed E-state index contributed by atoms with van der Waals surface area (Å²) in [6, 6.07) is 4.04. The predicted molar refractivity (Wildman–Crippen MR) is 82.8 cm³/mol. The lowest BCUT2D eigenvalue weighted by Gasteiger charge is -2.40. The Morgan fingerprint density at radius 2 is 1.95 bits per heavy atom. The third-order valence-corrected chi connectivity index (χ3v) is 3.53. The third-order valence-electron chi connectivity index (χ3n) is 3.53. The zero-order chi connectivity index (χ0) is 15.8. The van der Waals surface area contributed by atoms with Gasteiger partial charge in [-0.2, -0.15) is 0 Å². The molecule has 0 unspecified atom stereocenters. The van der Waals surface area contributed by atoms with Crippen molar-refractivity contribution >= 4 is 11.8 Å². The molecule has 0 bridgehead atoms. The van der Waals surface area contributed by atoms with Gasteiger partial charge in [0.15, 0.2) is 0 Å². The van der Waals surface area contributed by atoms with Crippen LogP contribution in [0, 0.1) is 13.8 Å². The van der Waals surface area contributed by atoms with Crippen LogP contribution in [-0.4, -0.2) is 40.8 Å². The average molecular weight is 292 g/mol. The maximum atomic E-state index is 11.8. The Kier molecular flexibility index (Phi) is 4.03. The van der Waals surface area contributed by atoms with E-state index in [0.717, 1.165) is 16.8 Å². The molecule has 1 saturated heterocycles. The lowest BCUT2D eigenvalue weighted by Crippen LogP contribution is -2.58. The molecule has 1 aromatic rings. The molecule has 116 valence electrons. The normalized spacial score (nSPS) is 15.6. The average Bonchev–Trinajstić information content (AvgIpc) is 2.30. The molecule has 1 aromatic carbocycles. The Balaban J connectivity index is 1.89. The molecule has 1 fully saturated rings. The van der Waals surface area contributed by atoms with Crippen molar-refractivity contribution in [1.29, 1.82) is 0 Å². The number of hydrogen-bond acceptors (Lipinski definition) is 4. The number of aromatic hydroxyl groups is 1. The molecular weight excluding hydrogens is 268 g/mol. The highest BCUT2D eigenvalue weighted by molar-refractivity contribution is 5.70. The van der Waals surface area contributed by atoms with Crippen molar-refractivity contribution in [1.82, 2.24) is 4.90 Å². The summed E-state index contributed by atoms with van der Waals surface area (Å²) in [5, 5.41) is 13.3. The number of benzene rings is 1. The lowest BCUT2D eigenvalue weighted by molar-refractivity contribution is 0.0105. The van der Waals surface area contributed by atoms with Gasteiger partial charge in [0, 0.05) is 24.3 Å². The molecule has 0 spiro atoms. The minimum atomic E-state index is -0.463. The van der Waals surface area contributed by atoms with Crippen molar-refractivity contribution in [2.75, 3.05) is 18.4 Å². The van der Waals surface area contributed by atoms with E-state index in [1.54, 1.807) is 4.90 Å². The van der Waals surface area contributed by atoms with E-state index in [1.165, 1.54) is 0 Å². The zero-order valence-corrected chi connectivity index (χ0v) is 13.4. The van der Waals surface area contributed by atoms with E-state index >= 15 is 0 Å². The van der Waals surface area contributed by atoms with Crippen LogP contribution in [-0.2, 0) is 4.74 Å². The first-order valence-corrected chi connectivity index (χ1v) is 7.21. The first-order valence-electron chi connectivity index (χ1n) is 7.21. The minimum absolute atomic E-state index is 0.193. The number of hydrogen-bond donors (Lipinski definition) is 2. The fourth-order valence-electron chi connectivity index (χ4n) is 2.26. The van der Waals surface area contributed by atoms with E-state index < -0.39 is 5.60 Å². The van der Waals surface area contributed by atoms with Gasteiger partial charge in [-0.25, -0.2) is 4.79 Å². The van der Waals surface area contributed by atoms with Gasteiger partial charge in [-0.3, -0.25) is 0 Å². The lowest BCUT2D eigenvalue weighted by atomic mass is 10.1. The van der Waals surface area contributed by atoms with Crippen molar-refractivity contribution in [2.24, 2.45) is 0 Å². The molecule has 0 aliphatic carbocycles. The Morgan fingerprint density at radius 3 is 2.52 bits per heavy atom. The number of phenols is 1. The van der Waals surface area contributed by atoms with Gasteiger partial charge in [-0.15, -0.1) is 0 Å². The second kappa shape index (κ2) is 5.47. The Labute approximate surface area is 125 Å². The molecule has 0 aromatic heterocycles. The van der Waals surface area contributed by atoms with Crippen molar-refractivity contribution in [3.63, 3.8) is 0 Å². The van der Waals surface area contributed by atoms with Gasteiger partial charge in [0.05, 0.1) is 6.04 Å². The standard InChI is InChI=1S/C16H24N2O3/c1-10-6-7-13(11(2)14(10)19)17-12-8-18(9-12)15(20)21-16(3,4)5/h6-7,12,17,19H,8-9H2,1-5H3. The molecular formula is C16H24N2O3. The smallest absolute Gasteiger partial charge is 0.410 e. The third kappa shape index (κ3) is 3.60. The number of nitrogens with one attached hydrogen (secondary N) is 1. The van der Waals surface area contributed by atoms with Gasteiger partial charge in [-0.05, 0) is 46.2 Å². The second-order valence-electron chi connectivity index (χ2n) is 6.63. The molecule has 0 radical (unpaired) electrons. The highest BCUT2D eigenvalue weighted by Crippen LogP contribution is 2.29. The maximum Gasteiger partial charge on any atom is 0.410 e. The number of anilines is 1. The summed E-state index contributed by atoms with van der Waals surface area (Å²) in [4.78, 5) is 13.5. The summed E-state index contributed by atoms with van der Waals surface area (Å²) < 4.78 is 5.32. The Morgan fingerprint density at radius 1 is 1.33 bits per heavy atom. The van der Waals surface area contributed by atoms with E-state index in [4.69, 9.17) is 4.74 Å². The summed E-state index contributed by atoms with van der Waals surface area (Å²) in [6.07, 6.45) is -0.274. The van der Waals surface area contributed by atoms with Crippen LogP contribution < -0.4 is 5.32 Å². The van der Waals surface area contributed by atoms with Gasteiger partial charge in [0.2, 0.25) is 0 Å². The highest BCUT2D eigenvalue weighted by atomic mass is 16.6. The summed E-state index contributed by atoms with van der Waals surface area (Å²) in [5.74, 6) is 0.323. The van der Waals surface area contributed by atoms with Crippen molar-refractivity contribution in [2.45, 2.75) is 46.3 Å². The number of carbonyl (C=O) groups excluding carboxylic acids is 1. The molecule has 1 amide bonds. The molecule has 5 nitrogen and oxygen atoms in total. The van der Waals surface area contributed by atoms with Gasteiger partial charge < -0.3 is 20.1 Å². The van der Waals surface area contributed by atoms with Gasteiger partial charge >= 0.3 is 6.09 Å². The van der Waals surface area contributed by atoms with Crippen LogP contribution in [0.15, 0.2) is 12.1 Å². The van der Waals surface area contributed by atoms with Gasteiger partial charge in [0.25, 0.3) is 0 Å². The predicted octanol–water partition coefficient (Wildman–Crippen LogP) is 3.04. The van der Waals surface area contributed by atoms with Crippen LogP contribution in [0.5, 0.6) is 5.75 Å². The quantitative estimate of drug-likeness (QED) is 0.879. The van der Waals surface area contributed by atoms with Crippen molar-refractivity contribution in [3.05, 3.63) is 23.3 Å². The van der Waals surface area contributed by atoms with Crippen molar-refractivity contribution < 1.29 is 14.6 Å². The number of nitrogens with zero attached hydrogens (tertiary/aromatic N) is 1. The van der Waals surface area contributed by atoms with E-state index in [2.05, 4.69) is 5.32 Å². The monoisotopic (exact) mass is 292 g/mol. The van der Waals surface area contributed by atoms with E-state index in [-0.39, 0.29) is 12.1 Å². The molecule has 2 rings (SSSR count). The number of amides is 1. The number of aryl methyl sites for hydroxylation is 1. The van der Waals surface area contributed by atoms with Crippen molar-refractivity contribution in [3.8, 4) is 5.75 Å². The largest absolute Gasteiger partial charge is 0.507 e. The molecule has 1 aliphatic rings. The van der Waals surface area contributed by atoms with Crippen LogP contribution in [0.4, 0.5) is 10.5 Å². The van der Waals surface area contributed by atoms with E-state index in [1.807, 2.05) is 46.8 Å². The van der Waals surface area contributed by atoms with E-state index in [9.17, 15) is 9.90 Å². The molecule has 1 aliphatic heterocycles. The summed E-state index contributed by atoms with van der Waals surface area (Å²) >= 11 is 0. The number of ether oxygens (including phenoxy) is 1. The van der Waals surface area contributed by atoms with Crippen LogP contribution >= 0.6 is 0 Å². The fraction of sp³-hybridized carbons (Fsp3) is 0.562.